The molecule has 0 saturated carbocycles. The zero-order chi connectivity index (χ0) is 10.6. The molecule has 4 heteroatoms. The largest absolute Gasteiger partial charge is 0.442 e. The molecule has 0 atom stereocenters. The summed E-state index contributed by atoms with van der Waals surface area (Å²) in [6.45, 7) is 9.38. The Morgan fingerprint density at radius 2 is 1.92 bits per heavy atom. The second-order valence-corrected chi connectivity index (χ2v) is 4.46. The topological polar surface area (TPSA) is 49.8 Å². The first-order valence-corrected chi connectivity index (χ1v) is 4.42. The number of ether oxygens (including phenoxy) is 1. The molecule has 1 N–H and O–H groups in total. The summed E-state index contributed by atoms with van der Waals surface area (Å²) in [7, 11) is 0. The SMILES string of the molecule is CC(C)CN(O)C(=O)OC(C)(C)C. The quantitative estimate of drug-likeness (QED) is 0.535. The summed E-state index contributed by atoms with van der Waals surface area (Å²) in [5.74, 6) is 0.220. The van der Waals surface area contributed by atoms with E-state index in [9.17, 15) is 10.0 Å². The molecule has 0 heterocycles. The van der Waals surface area contributed by atoms with Gasteiger partial charge >= 0.3 is 6.09 Å². The van der Waals surface area contributed by atoms with Gasteiger partial charge in [-0.1, -0.05) is 13.8 Å². The Morgan fingerprint density at radius 1 is 1.46 bits per heavy atom. The lowest BCUT2D eigenvalue weighted by molar-refractivity contribution is -0.0992. The maximum Gasteiger partial charge on any atom is 0.434 e. The Balaban J connectivity index is 3.97. The molecule has 0 spiro atoms. The van der Waals surface area contributed by atoms with Crippen LogP contribution >= 0.6 is 0 Å². The summed E-state index contributed by atoms with van der Waals surface area (Å²) in [6.07, 6.45) is -0.693. The highest BCUT2D eigenvalue weighted by Gasteiger charge is 2.21. The fourth-order valence-corrected chi connectivity index (χ4v) is 0.735. The molecule has 0 saturated heterocycles. The molecule has 0 fully saturated rings. The van der Waals surface area contributed by atoms with Crippen LogP contribution in [-0.2, 0) is 4.74 Å². The summed E-state index contributed by atoms with van der Waals surface area (Å²) >= 11 is 0. The number of rotatable bonds is 2. The zero-order valence-electron chi connectivity index (χ0n) is 9.00. The summed E-state index contributed by atoms with van der Waals surface area (Å²) in [5, 5.41) is 9.82. The average Bonchev–Trinajstić information content (AvgIpc) is 1.81. The molecule has 0 unspecified atom stereocenters. The molecule has 0 bridgehead atoms. The van der Waals surface area contributed by atoms with Gasteiger partial charge in [-0.25, -0.2) is 4.79 Å². The number of carbonyl (C=O) groups excluding carboxylic acids is 1. The van der Waals surface area contributed by atoms with Crippen molar-refractivity contribution in [3.63, 3.8) is 0 Å². The molecule has 0 aromatic carbocycles. The van der Waals surface area contributed by atoms with Crippen LogP contribution in [0.25, 0.3) is 0 Å². The molecule has 1 amide bonds. The van der Waals surface area contributed by atoms with Gasteiger partial charge in [-0.2, -0.15) is 5.06 Å². The van der Waals surface area contributed by atoms with Crippen LogP contribution in [0.15, 0.2) is 0 Å². The Morgan fingerprint density at radius 3 is 2.23 bits per heavy atom. The van der Waals surface area contributed by atoms with Crippen LogP contribution < -0.4 is 0 Å². The van der Waals surface area contributed by atoms with Gasteiger partial charge in [0.1, 0.15) is 5.60 Å². The number of amides is 1. The normalized spacial score (nSPS) is 11.6. The summed E-state index contributed by atoms with van der Waals surface area (Å²) in [4.78, 5) is 11.1. The van der Waals surface area contributed by atoms with Gasteiger partial charge in [0.25, 0.3) is 0 Å². The van der Waals surface area contributed by atoms with Gasteiger partial charge < -0.3 is 4.74 Å². The fourth-order valence-electron chi connectivity index (χ4n) is 0.735. The summed E-state index contributed by atoms with van der Waals surface area (Å²) < 4.78 is 4.94. The molecule has 0 aliphatic rings. The van der Waals surface area contributed by atoms with E-state index in [0.717, 1.165) is 0 Å². The third kappa shape index (κ3) is 6.40. The van der Waals surface area contributed by atoms with E-state index in [4.69, 9.17) is 4.74 Å². The Labute approximate surface area is 79.4 Å². The molecule has 4 nitrogen and oxygen atoms in total. The molecule has 0 radical (unpaired) electrons. The average molecular weight is 189 g/mol. The van der Waals surface area contributed by atoms with Crippen molar-refractivity contribution in [1.82, 2.24) is 5.06 Å². The van der Waals surface area contributed by atoms with E-state index in [1.807, 2.05) is 13.8 Å². The van der Waals surface area contributed by atoms with Crippen molar-refractivity contribution in [3.8, 4) is 0 Å². The molecule has 0 aromatic heterocycles. The van der Waals surface area contributed by atoms with Crippen molar-refractivity contribution in [2.45, 2.75) is 40.2 Å². The van der Waals surface area contributed by atoms with Crippen molar-refractivity contribution >= 4 is 6.09 Å². The molecule has 0 aliphatic carbocycles. The van der Waals surface area contributed by atoms with Gasteiger partial charge in [-0.05, 0) is 26.7 Å². The lowest BCUT2D eigenvalue weighted by atomic mass is 10.2. The molecule has 0 rings (SSSR count). The van der Waals surface area contributed by atoms with Gasteiger partial charge in [0.15, 0.2) is 0 Å². The molecule has 78 valence electrons. The molecule has 0 aliphatic heterocycles. The smallest absolute Gasteiger partial charge is 0.434 e. The van der Waals surface area contributed by atoms with Gasteiger partial charge in [0.05, 0.1) is 6.54 Å². The molecular formula is C9H19NO3. The van der Waals surface area contributed by atoms with E-state index >= 15 is 0 Å². The van der Waals surface area contributed by atoms with E-state index in [0.29, 0.717) is 5.06 Å². The van der Waals surface area contributed by atoms with Crippen LogP contribution in [-0.4, -0.2) is 28.5 Å². The van der Waals surface area contributed by atoms with Crippen molar-refractivity contribution in [2.24, 2.45) is 5.92 Å². The monoisotopic (exact) mass is 189 g/mol. The number of nitrogens with zero attached hydrogens (tertiary/aromatic N) is 1. The van der Waals surface area contributed by atoms with Crippen molar-refractivity contribution < 1.29 is 14.7 Å². The van der Waals surface area contributed by atoms with Crippen molar-refractivity contribution in [3.05, 3.63) is 0 Å². The highest BCUT2D eigenvalue weighted by Crippen LogP contribution is 2.09. The van der Waals surface area contributed by atoms with E-state index in [-0.39, 0.29) is 12.5 Å². The number of hydrogen-bond donors (Lipinski definition) is 1. The standard InChI is InChI=1S/C9H19NO3/c1-7(2)6-10(12)8(11)13-9(3,4)5/h7,12H,6H2,1-5H3. The van der Waals surface area contributed by atoms with Gasteiger partial charge in [-0.3, -0.25) is 5.21 Å². The Hall–Kier alpha value is -0.770. The van der Waals surface area contributed by atoms with Crippen molar-refractivity contribution in [1.29, 1.82) is 0 Å². The predicted octanol–water partition coefficient (Wildman–Crippen LogP) is 2.27. The van der Waals surface area contributed by atoms with Crippen LogP contribution in [0.4, 0.5) is 4.79 Å². The highest BCUT2D eigenvalue weighted by molar-refractivity contribution is 5.66. The van der Waals surface area contributed by atoms with E-state index in [1.54, 1.807) is 20.8 Å². The minimum Gasteiger partial charge on any atom is -0.442 e. The van der Waals surface area contributed by atoms with Crippen molar-refractivity contribution in [2.75, 3.05) is 6.54 Å². The van der Waals surface area contributed by atoms with Crippen LogP contribution in [0.2, 0.25) is 0 Å². The van der Waals surface area contributed by atoms with Gasteiger partial charge in [0, 0.05) is 0 Å². The third-order valence-corrected chi connectivity index (χ3v) is 1.14. The van der Waals surface area contributed by atoms with Crippen LogP contribution in [0.1, 0.15) is 34.6 Å². The maximum atomic E-state index is 11.1. The molecule has 13 heavy (non-hydrogen) atoms. The highest BCUT2D eigenvalue weighted by atomic mass is 16.6. The number of carbonyl (C=O) groups is 1. The minimum absolute atomic E-state index is 0.220. The Kier molecular flexibility index (Phi) is 4.20. The first-order valence-electron chi connectivity index (χ1n) is 4.42. The summed E-state index contributed by atoms with van der Waals surface area (Å²) in [5.41, 5.74) is -0.560. The zero-order valence-corrected chi connectivity index (χ0v) is 9.00. The van der Waals surface area contributed by atoms with Gasteiger partial charge in [-0.15, -0.1) is 0 Å². The van der Waals surface area contributed by atoms with Gasteiger partial charge in [0.2, 0.25) is 0 Å². The lowest BCUT2D eigenvalue weighted by Gasteiger charge is -2.24. The fraction of sp³-hybridized carbons (Fsp3) is 0.889. The summed E-state index contributed by atoms with van der Waals surface area (Å²) in [6, 6.07) is 0. The van der Waals surface area contributed by atoms with Crippen LogP contribution in [0.3, 0.4) is 0 Å². The van der Waals surface area contributed by atoms with Crippen LogP contribution in [0, 0.1) is 5.92 Å². The number of hydrogen-bond acceptors (Lipinski definition) is 3. The maximum absolute atomic E-state index is 11.1. The Bertz CT molecular complexity index is 172. The molecule has 0 aromatic rings. The number of hydroxylamine groups is 2. The lowest BCUT2D eigenvalue weighted by Crippen LogP contribution is -2.36. The second-order valence-electron chi connectivity index (χ2n) is 4.46. The second kappa shape index (κ2) is 4.46. The first kappa shape index (κ1) is 12.2. The molecular weight excluding hydrogens is 170 g/mol. The van der Waals surface area contributed by atoms with Crippen LogP contribution in [0.5, 0.6) is 0 Å². The predicted molar refractivity (Wildman–Crippen MR) is 49.6 cm³/mol. The third-order valence-electron chi connectivity index (χ3n) is 1.14. The van der Waals surface area contributed by atoms with E-state index in [1.165, 1.54) is 0 Å². The van der Waals surface area contributed by atoms with E-state index < -0.39 is 11.7 Å². The van der Waals surface area contributed by atoms with E-state index in [2.05, 4.69) is 0 Å². The first-order chi connectivity index (χ1) is 5.72. The minimum atomic E-state index is -0.693.